The van der Waals surface area contributed by atoms with Gasteiger partial charge in [0.25, 0.3) is 0 Å². The van der Waals surface area contributed by atoms with Gasteiger partial charge in [0.05, 0.1) is 11.2 Å². The van der Waals surface area contributed by atoms with Crippen molar-refractivity contribution in [3.8, 4) is 0 Å². The van der Waals surface area contributed by atoms with E-state index in [0.29, 0.717) is 5.82 Å². The molecule has 1 saturated heterocycles. The van der Waals surface area contributed by atoms with E-state index < -0.39 is 0 Å². The Kier molecular flexibility index (Phi) is 2.71. The molecule has 0 bridgehead atoms. The number of pyridine rings is 1. The maximum absolute atomic E-state index is 5.98. The number of aromatic nitrogens is 1. The number of aryl methyl sites for hydroxylation is 1. The average molecular weight is 234 g/mol. The van der Waals surface area contributed by atoms with E-state index >= 15 is 0 Å². The summed E-state index contributed by atoms with van der Waals surface area (Å²) in [4.78, 5) is 4.05. The zero-order valence-electron chi connectivity index (χ0n) is 11.1. The number of nitrogens with zero attached hydrogens (tertiary/aromatic N) is 1. The molecule has 2 heterocycles. The predicted octanol–water partition coefficient (Wildman–Crippen LogP) is 1.27. The second-order valence-electron chi connectivity index (χ2n) is 5.55. The van der Waals surface area contributed by atoms with Crippen LogP contribution in [0.15, 0.2) is 12.3 Å². The Labute approximate surface area is 103 Å². The smallest absolute Gasteiger partial charge is 0.399 e. The highest BCUT2D eigenvalue weighted by Crippen LogP contribution is 2.36. The number of nitrogen functional groups attached to an aromatic ring is 1. The van der Waals surface area contributed by atoms with Gasteiger partial charge >= 0.3 is 7.12 Å². The molecule has 1 aromatic heterocycles. The molecule has 1 fully saturated rings. The van der Waals surface area contributed by atoms with Gasteiger partial charge in [-0.05, 0) is 51.7 Å². The molecule has 2 rings (SSSR count). The maximum Gasteiger partial charge on any atom is 0.495 e. The van der Waals surface area contributed by atoms with Crippen molar-refractivity contribution in [2.45, 2.75) is 45.8 Å². The van der Waals surface area contributed by atoms with Gasteiger partial charge in [-0.3, -0.25) is 0 Å². The molecule has 0 amide bonds. The summed E-state index contributed by atoms with van der Waals surface area (Å²) in [7, 11) is -0.370. The van der Waals surface area contributed by atoms with E-state index in [2.05, 4.69) is 4.98 Å². The number of nitrogens with two attached hydrogens (primary N) is 1. The van der Waals surface area contributed by atoms with Crippen molar-refractivity contribution in [1.82, 2.24) is 4.98 Å². The summed E-state index contributed by atoms with van der Waals surface area (Å²) in [5.74, 6) is 0.486. The molecule has 0 spiro atoms. The van der Waals surface area contributed by atoms with Gasteiger partial charge < -0.3 is 15.0 Å². The van der Waals surface area contributed by atoms with Gasteiger partial charge in [-0.2, -0.15) is 0 Å². The van der Waals surface area contributed by atoms with Crippen molar-refractivity contribution < 1.29 is 9.31 Å². The lowest BCUT2D eigenvalue weighted by molar-refractivity contribution is 0.00578. The molecule has 0 atom stereocenters. The molecule has 4 nitrogen and oxygen atoms in total. The predicted molar refractivity (Wildman–Crippen MR) is 69.1 cm³/mol. The summed E-state index contributed by atoms with van der Waals surface area (Å²) in [5.41, 5.74) is 7.03. The molecular weight excluding hydrogens is 215 g/mol. The Balaban J connectivity index is 2.35. The maximum atomic E-state index is 5.98. The van der Waals surface area contributed by atoms with E-state index in [1.807, 2.05) is 40.7 Å². The van der Waals surface area contributed by atoms with Gasteiger partial charge in [0, 0.05) is 6.20 Å². The molecule has 2 N–H and O–H groups in total. The minimum Gasteiger partial charge on any atom is -0.399 e. The third-order valence-electron chi connectivity index (χ3n) is 3.67. The lowest BCUT2D eigenvalue weighted by atomic mass is 9.77. The molecule has 0 saturated carbocycles. The molecule has 0 aromatic carbocycles. The zero-order valence-corrected chi connectivity index (χ0v) is 11.1. The summed E-state index contributed by atoms with van der Waals surface area (Å²) in [6.07, 6.45) is 1.75. The molecule has 0 radical (unpaired) electrons. The van der Waals surface area contributed by atoms with Crippen LogP contribution in [0.5, 0.6) is 0 Å². The summed E-state index contributed by atoms with van der Waals surface area (Å²) in [6.45, 7) is 10.1. The minimum atomic E-state index is -0.370. The Morgan fingerprint density at radius 1 is 1.18 bits per heavy atom. The van der Waals surface area contributed by atoms with Gasteiger partial charge in [0.2, 0.25) is 0 Å². The molecule has 17 heavy (non-hydrogen) atoms. The average Bonchev–Trinajstić information content (AvgIpc) is 2.40. The Morgan fingerprint density at radius 3 is 2.24 bits per heavy atom. The standard InChI is InChI=1S/C12H19BN2O2/c1-8-7-15-10(14)6-9(8)13-16-11(2,3)12(4,5)17-13/h6-7H,1-5H3,(H2,14,15). The van der Waals surface area contributed by atoms with Crippen LogP contribution in [0.2, 0.25) is 0 Å². The number of hydrogen-bond donors (Lipinski definition) is 1. The van der Waals surface area contributed by atoms with Crippen LogP contribution in [-0.4, -0.2) is 23.3 Å². The van der Waals surface area contributed by atoms with E-state index in [0.717, 1.165) is 11.0 Å². The van der Waals surface area contributed by atoms with E-state index in [-0.39, 0.29) is 18.3 Å². The van der Waals surface area contributed by atoms with Crippen molar-refractivity contribution in [3.63, 3.8) is 0 Å². The summed E-state index contributed by atoms with van der Waals surface area (Å²) in [5, 5.41) is 0. The fraction of sp³-hybridized carbons (Fsp3) is 0.583. The van der Waals surface area contributed by atoms with E-state index in [1.165, 1.54) is 0 Å². The number of hydrogen-bond acceptors (Lipinski definition) is 4. The topological polar surface area (TPSA) is 57.4 Å². The largest absolute Gasteiger partial charge is 0.495 e. The van der Waals surface area contributed by atoms with Gasteiger partial charge in [0.1, 0.15) is 5.82 Å². The van der Waals surface area contributed by atoms with Crippen LogP contribution >= 0.6 is 0 Å². The summed E-state index contributed by atoms with van der Waals surface area (Å²) in [6, 6.07) is 1.82. The first-order valence-corrected chi connectivity index (χ1v) is 5.80. The molecule has 92 valence electrons. The van der Waals surface area contributed by atoms with Crippen LogP contribution in [0, 0.1) is 6.92 Å². The minimum absolute atomic E-state index is 0.331. The fourth-order valence-electron chi connectivity index (χ4n) is 1.78. The van der Waals surface area contributed by atoms with Crippen molar-refractivity contribution in [2.24, 2.45) is 0 Å². The molecule has 0 unspecified atom stereocenters. The van der Waals surface area contributed by atoms with Gasteiger partial charge in [-0.15, -0.1) is 0 Å². The second-order valence-corrected chi connectivity index (χ2v) is 5.55. The van der Waals surface area contributed by atoms with E-state index in [9.17, 15) is 0 Å². The van der Waals surface area contributed by atoms with Crippen molar-refractivity contribution >= 4 is 18.4 Å². The van der Waals surface area contributed by atoms with E-state index in [1.54, 1.807) is 6.20 Å². The first-order chi connectivity index (χ1) is 7.73. The molecule has 1 aliphatic heterocycles. The summed E-state index contributed by atoms with van der Waals surface area (Å²) < 4.78 is 12.0. The first kappa shape index (κ1) is 12.4. The lowest BCUT2D eigenvalue weighted by Crippen LogP contribution is -2.41. The normalized spacial score (nSPS) is 21.8. The van der Waals surface area contributed by atoms with Crippen LogP contribution in [-0.2, 0) is 9.31 Å². The quantitative estimate of drug-likeness (QED) is 0.743. The molecule has 5 heteroatoms. The SMILES string of the molecule is Cc1cnc(N)cc1B1OC(C)(C)C(C)(C)O1. The lowest BCUT2D eigenvalue weighted by Gasteiger charge is -2.32. The highest BCUT2D eigenvalue weighted by atomic mass is 16.7. The van der Waals surface area contributed by atoms with Gasteiger partial charge in [-0.1, -0.05) is 0 Å². The van der Waals surface area contributed by atoms with Crippen LogP contribution in [0.25, 0.3) is 0 Å². The van der Waals surface area contributed by atoms with Crippen molar-refractivity contribution in [2.75, 3.05) is 5.73 Å². The van der Waals surface area contributed by atoms with Crippen LogP contribution in [0.4, 0.5) is 5.82 Å². The Morgan fingerprint density at radius 2 is 1.71 bits per heavy atom. The third-order valence-corrected chi connectivity index (χ3v) is 3.67. The van der Waals surface area contributed by atoms with Gasteiger partial charge in [0.15, 0.2) is 0 Å². The van der Waals surface area contributed by atoms with Crippen molar-refractivity contribution in [3.05, 3.63) is 17.8 Å². The van der Waals surface area contributed by atoms with Gasteiger partial charge in [-0.25, -0.2) is 4.98 Å². The highest BCUT2D eigenvalue weighted by molar-refractivity contribution is 6.62. The second kappa shape index (κ2) is 3.72. The third kappa shape index (κ3) is 2.05. The van der Waals surface area contributed by atoms with Crippen molar-refractivity contribution in [1.29, 1.82) is 0 Å². The first-order valence-electron chi connectivity index (χ1n) is 5.80. The Hall–Kier alpha value is -1.07. The number of anilines is 1. The Bertz CT molecular complexity index is 430. The number of rotatable bonds is 1. The van der Waals surface area contributed by atoms with Crippen LogP contribution in [0.1, 0.15) is 33.3 Å². The van der Waals surface area contributed by atoms with Crippen LogP contribution < -0.4 is 11.2 Å². The molecule has 0 aliphatic carbocycles. The molecule has 1 aromatic rings. The van der Waals surface area contributed by atoms with E-state index in [4.69, 9.17) is 15.0 Å². The monoisotopic (exact) mass is 234 g/mol. The molecule has 1 aliphatic rings. The summed E-state index contributed by atoms with van der Waals surface area (Å²) >= 11 is 0. The fourth-order valence-corrected chi connectivity index (χ4v) is 1.78. The zero-order chi connectivity index (χ0) is 12.8. The highest BCUT2D eigenvalue weighted by Gasteiger charge is 2.52. The molecular formula is C12H19BN2O2. The van der Waals surface area contributed by atoms with Crippen LogP contribution in [0.3, 0.4) is 0 Å².